The molecule has 0 aliphatic carbocycles. The maximum Gasteiger partial charge on any atom is 0.123 e. The fraction of sp³-hybridized carbons (Fsp3) is 0.333. The van der Waals surface area contributed by atoms with Crippen molar-refractivity contribution in [3.05, 3.63) is 107 Å². The van der Waals surface area contributed by atoms with E-state index in [4.69, 9.17) is 0 Å². The van der Waals surface area contributed by atoms with Crippen LogP contribution < -0.4 is 0 Å². The van der Waals surface area contributed by atoms with Crippen molar-refractivity contribution < 1.29 is 4.39 Å². The Balaban J connectivity index is 1.36. The van der Waals surface area contributed by atoms with Gasteiger partial charge in [0.2, 0.25) is 0 Å². The Bertz CT molecular complexity index is 872. The molecule has 0 unspecified atom stereocenters. The lowest BCUT2D eigenvalue weighted by Gasteiger charge is -2.39. The van der Waals surface area contributed by atoms with Crippen molar-refractivity contribution in [2.45, 2.75) is 38.4 Å². The van der Waals surface area contributed by atoms with Crippen LogP contribution in [0.5, 0.6) is 0 Å². The molecule has 3 aromatic rings. The molecule has 1 aliphatic rings. The highest BCUT2D eigenvalue weighted by Crippen LogP contribution is 2.21. The Morgan fingerprint density at radius 1 is 0.733 bits per heavy atom. The van der Waals surface area contributed by atoms with Crippen molar-refractivity contribution in [1.82, 2.24) is 9.80 Å². The van der Waals surface area contributed by atoms with E-state index in [1.165, 1.54) is 29.5 Å². The van der Waals surface area contributed by atoms with Gasteiger partial charge in [-0.15, -0.1) is 0 Å². The average molecular weight is 403 g/mol. The zero-order valence-electron chi connectivity index (χ0n) is 17.6. The molecule has 30 heavy (non-hydrogen) atoms. The van der Waals surface area contributed by atoms with Crippen LogP contribution in [0, 0.1) is 5.82 Å². The molecule has 1 aliphatic heterocycles. The highest BCUT2D eigenvalue weighted by atomic mass is 19.1. The first-order valence-corrected chi connectivity index (χ1v) is 11.0. The van der Waals surface area contributed by atoms with Gasteiger partial charge in [0.05, 0.1) is 0 Å². The first kappa shape index (κ1) is 20.8. The molecular formula is C27H31FN2. The molecule has 0 amide bonds. The van der Waals surface area contributed by atoms with Crippen LogP contribution in [0.1, 0.15) is 29.5 Å². The van der Waals surface area contributed by atoms with E-state index in [1.807, 2.05) is 12.1 Å². The van der Waals surface area contributed by atoms with Crippen LogP contribution in [0.3, 0.4) is 0 Å². The summed E-state index contributed by atoms with van der Waals surface area (Å²) in [5.74, 6) is -0.160. The van der Waals surface area contributed by atoms with E-state index >= 15 is 0 Å². The number of rotatable bonds is 8. The summed E-state index contributed by atoms with van der Waals surface area (Å²) in [6.07, 6.45) is 3.45. The maximum absolute atomic E-state index is 13.2. The van der Waals surface area contributed by atoms with Gasteiger partial charge < -0.3 is 0 Å². The zero-order valence-corrected chi connectivity index (χ0v) is 17.6. The minimum atomic E-state index is -0.160. The molecule has 4 rings (SSSR count). The Kier molecular flexibility index (Phi) is 7.28. The Morgan fingerprint density at radius 2 is 1.33 bits per heavy atom. The van der Waals surface area contributed by atoms with Crippen LogP contribution >= 0.6 is 0 Å². The fourth-order valence-corrected chi connectivity index (χ4v) is 4.42. The number of nitrogens with zero attached hydrogens (tertiary/aromatic N) is 2. The molecule has 0 atom stereocenters. The molecule has 2 nitrogen and oxygen atoms in total. The molecule has 0 aromatic heterocycles. The van der Waals surface area contributed by atoms with E-state index in [2.05, 4.69) is 70.5 Å². The third kappa shape index (κ3) is 6.01. The summed E-state index contributed by atoms with van der Waals surface area (Å²) in [6, 6.07) is 29.2. The number of piperidine rings is 1. The van der Waals surface area contributed by atoms with Crippen molar-refractivity contribution in [3.63, 3.8) is 0 Å². The third-order valence-electron chi connectivity index (χ3n) is 6.15. The molecule has 156 valence electrons. The van der Waals surface area contributed by atoms with Gasteiger partial charge in [0.1, 0.15) is 5.82 Å². The number of likely N-dealkylation sites (tertiary alicyclic amines) is 1. The lowest BCUT2D eigenvalue weighted by atomic mass is 10.0. The second-order valence-corrected chi connectivity index (χ2v) is 8.33. The summed E-state index contributed by atoms with van der Waals surface area (Å²) in [5, 5.41) is 0. The fourth-order valence-electron chi connectivity index (χ4n) is 4.42. The SMILES string of the molecule is Fc1ccc(CN2CCC(N(CCc3ccccc3)Cc3ccccc3)CC2)cc1. The summed E-state index contributed by atoms with van der Waals surface area (Å²) in [5.41, 5.74) is 3.99. The minimum absolute atomic E-state index is 0.160. The predicted octanol–water partition coefficient (Wildman–Crippen LogP) is 5.54. The Hall–Kier alpha value is -2.49. The Morgan fingerprint density at radius 3 is 1.97 bits per heavy atom. The molecule has 3 aromatic carbocycles. The molecule has 0 spiro atoms. The molecule has 0 bridgehead atoms. The number of halogens is 1. The lowest BCUT2D eigenvalue weighted by Crippen LogP contribution is -2.45. The van der Waals surface area contributed by atoms with Gasteiger partial charge in [-0.05, 0) is 61.2 Å². The molecule has 0 saturated carbocycles. The molecule has 1 saturated heterocycles. The minimum Gasteiger partial charge on any atom is -0.299 e. The van der Waals surface area contributed by atoms with Gasteiger partial charge in [-0.25, -0.2) is 4.39 Å². The first-order valence-electron chi connectivity index (χ1n) is 11.0. The smallest absolute Gasteiger partial charge is 0.123 e. The van der Waals surface area contributed by atoms with E-state index in [0.29, 0.717) is 6.04 Å². The summed E-state index contributed by atoms with van der Waals surface area (Å²) < 4.78 is 13.2. The van der Waals surface area contributed by atoms with Gasteiger partial charge in [-0.2, -0.15) is 0 Å². The van der Waals surface area contributed by atoms with Crippen LogP contribution in [0.25, 0.3) is 0 Å². The van der Waals surface area contributed by atoms with Crippen molar-refractivity contribution in [2.24, 2.45) is 0 Å². The quantitative estimate of drug-likeness (QED) is 0.488. The van der Waals surface area contributed by atoms with Gasteiger partial charge in [0.15, 0.2) is 0 Å². The molecular weight excluding hydrogens is 371 g/mol. The predicted molar refractivity (Wildman–Crippen MR) is 122 cm³/mol. The van der Waals surface area contributed by atoms with E-state index in [1.54, 1.807) is 12.1 Å². The van der Waals surface area contributed by atoms with E-state index in [0.717, 1.165) is 39.1 Å². The van der Waals surface area contributed by atoms with Gasteiger partial charge >= 0.3 is 0 Å². The lowest BCUT2D eigenvalue weighted by molar-refractivity contribution is 0.0997. The van der Waals surface area contributed by atoms with Crippen LogP contribution in [0.4, 0.5) is 4.39 Å². The van der Waals surface area contributed by atoms with E-state index in [9.17, 15) is 4.39 Å². The summed E-state index contributed by atoms with van der Waals surface area (Å²) in [6.45, 7) is 5.20. The van der Waals surface area contributed by atoms with Crippen molar-refractivity contribution in [2.75, 3.05) is 19.6 Å². The molecule has 0 N–H and O–H groups in total. The summed E-state index contributed by atoms with van der Waals surface area (Å²) >= 11 is 0. The second kappa shape index (κ2) is 10.5. The highest BCUT2D eigenvalue weighted by molar-refractivity contribution is 5.17. The topological polar surface area (TPSA) is 6.48 Å². The van der Waals surface area contributed by atoms with Crippen LogP contribution in [0.15, 0.2) is 84.9 Å². The molecule has 1 heterocycles. The highest BCUT2D eigenvalue weighted by Gasteiger charge is 2.24. The van der Waals surface area contributed by atoms with Crippen LogP contribution in [0.2, 0.25) is 0 Å². The first-order chi connectivity index (χ1) is 14.8. The van der Waals surface area contributed by atoms with E-state index < -0.39 is 0 Å². The van der Waals surface area contributed by atoms with Crippen molar-refractivity contribution >= 4 is 0 Å². The van der Waals surface area contributed by atoms with Gasteiger partial charge in [-0.3, -0.25) is 9.80 Å². The summed E-state index contributed by atoms with van der Waals surface area (Å²) in [4.78, 5) is 5.18. The zero-order chi connectivity index (χ0) is 20.6. The second-order valence-electron chi connectivity index (χ2n) is 8.33. The molecule has 1 fully saturated rings. The average Bonchev–Trinajstić information content (AvgIpc) is 2.80. The van der Waals surface area contributed by atoms with E-state index in [-0.39, 0.29) is 5.82 Å². The number of hydrogen-bond donors (Lipinski definition) is 0. The monoisotopic (exact) mass is 402 g/mol. The standard InChI is InChI=1S/C27H31FN2/c28-26-13-11-25(12-14-26)21-29-18-16-27(17-19-29)30(22-24-9-5-2-6-10-24)20-15-23-7-3-1-4-8-23/h1-14,27H,15-22H2. The van der Waals surface area contributed by atoms with Crippen LogP contribution in [-0.4, -0.2) is 35.5 Å². The van der Waals surface area contributed by atoms with Crippen molar-refractivity contribution in [1.29, 1.82) is 0 Å². The maximum atomic E-state index is 13.2. The third-order valence-corrected chi connectivity index (χ3v) is 6.15. The van der Waals surface area contributed by atoms with Gasteiger partial charge in [-0.1, -0.05) is 72.8 Å². The summed E-state index contributed by atoms with van der Waals surface area (Å²) in [7, 11) is 0. The number of hydrogen-bond acceptors (Lipinski definition) is 2. The van der Waals surface area contributed by atoms with Crippen LogP contribution in [-0.2, 0) is 19.5 Å². The largest absolute Gasteiger partial charge is 0.299 e. The van der Waals surface area contributed by atoms with Gasteiger partial charge in [0, 0.05) is 25.7 Å². The van der Waals surface area contributed by atoms with Gasteiger partial charge in [0.25, 0.3) is 0 Å². The van der Waals surface area contributed by atoms with Crippen molar-refractivity contribution in [3.8, 4) is 0 Å². The normalized spacial score (nSPS) is 15.5. The Labute approximate surface area is 180 Å². The molecule has 3 heteroatoms. The number of benzene rings is 3. The molecule has 0 radical (unpaired) electrons.